The molecule has 0 saturated heterocycles. The molecule has 4 bridgehead atoms. The molecule has 6 aliphatic carbocycles. The van der Waals surface area contributed by atoms with E-state index in [4.69, 9.17) is 0 Å². The normalized spacial score (nSPS) is 41.2. The van der Waals surface area contributed by atoms with Gasteiger partial charge in [0.05, 0.1) is 5.41 Å². The number of ketones is 1. The minimum atomic E-state index is -0.433. The number of Topliss-reactive ketones (excluding diaryl/α,β-unsaturated/α-hetero) is 1. The first kappa shape index (κ1) is 16.7. The lowest BCUT2D eigenvalue weighted by atomic mass is 9.31. The van der Waals surface area contributed by atoms with Gasteiger partial charge in [0.15, 0.2) is 0 Å². The topological polar surface area (TPSA) is 66.5 Å². The van der Waals surface area contributed by atoms with E-state index in [1.165, 1.54) is 12.0 Å². The van der Waals surface area contributed by atoms with E-state index in [0.717, 1.165) is 12.1 Å². The molecule has 8 unspecified atom stereocenters. The summed E-state index contributed by atoms with van der Waals surface area (Å²) >= 11 is 0. The Labute approximate surface area is 179 Å². The van der Waals surface area contributed by atoms with Gasteiger partial charge in [-0.05, 0) is 72.3 Å². The van der Waals surface area contributed by atoms with Crippen LogP contribution < -0.4 is 10.2 Å². The Morgan fingerprint density at radius 3 is 2.77 bits per heavy atom. The number of nitrogens with zero attached hydrogens (tertiary/aromatic N) is 1. The second kappa shape index (κ2) is 5.09. The average molecular weight is 410 g/mol. The third-order valence-electron chi connectivity index (χ3n) is 9.75. The fraction of sp³-hybridized carbons (Fsp3) is 0.423. The molecule has 9 rings (SSSR count). The summed E-state index contributed by atoms with van der Waals surface area (Å²) in [5, 5.41) is 3.11. The SMILES string of the molecule is O=C1C2C3CC4C2C2(C(=O)Nc5cccc(C(=O)N6CCc7ccccc76)c5)C1C3C42. The van der Waals surface area contributed by atoms with Crippen LogP contribution in [0.4, 0.5) is 11.4 Å². The Morgan fingerprint density at radius 1 is 1.03 bits per heavy atom. The van der Waals surface area contributed by atoms with Crippen LogP contribution in [0.2, 0.25) is 0 Å². The van der Waals surface area contributed by atoms with Gasteiger partial charge in [-0.2, -0.15) is 0 Å². The van der Waals surface area contributed by atoms with Gasteiger partial charge in [0.25, 0.3) is 5.91 Å². The fourth-order valence-corrected chi connectivity index (χ4v) is 9.09. The van der Waals surface area contributed by atoms with Gasteiger partial charge >= 0.3 is 0 Å². The maximum atomic E-state index is 13.5. The van der Waals surface area contributed by atoms with E-state index in [1.807, 2.05) is 41.3 Å². The van der Waals surface area contributed by atoms with Crippen molar-refractivity contribution in [2.24, 2.45) is 46.8 Å². The van der Waals surface area contributed by atoms with Crippen molar-refractivity contribution >= 4 is 29.0 Å². The zero-order chi connectivity index (χ0) is 20.6. The van der Waals surface area contributed by atoms with Gasteiger partial charge < -0.3 is 10.2 Å². The summed E-state index contributed by atoms with van der Waals surface area (Å²) in [4.78, 5) is 41.3. The second-order valence-electron chi connectivity index (χ2n) is 10.4. The molecule has 6 saturated carbocycles. The maximum Gasteiger partial charge on any atom is 0.258 e. The van der Waals surface area contributed by atoms with Crippen molar-refractivity contribution in [3.8, 4) is 0 Å². The third kappa shape index (κ3) is 1.60. The Hall–Kier alpha value is -2.95. The molecule has 2 aromatic carbocycles. The van der Waals surface area contributed by atoms with Gasteiger partial charge in [0.1, 0.15) is 5.78 Å². The van der Waals surface area contributed by atoms with E-state index in [1.54, 1.807) is 6.07 Å². The third-order valence-corrected chi connectivity index (χ3v) is 9.75. The summed E-state index contributed by atoms with van der Waals surface area (Å²) in [6, 6.07) is 15.3. The van der Waals surface area contributed by atoms with Crippen LogP contribution in [0.25, 0.3) is 0 Å². The highest BCUT2D eigenvalue weighted by atomic mass is 16.2. The summed E-state index contributed by atoms with van der Waals surface area (Å²) < 4.78 is 0. The molecule has 7 aliphatic rings. The van der Waals surface area contributed by atoms with Crippen LogP contribution in [0, 0.1) is 46.8 Å². The molecule has 0 radical (unpaired) electrons. The summed E-state index contributed by atoms with van der Waals surface area (Å²) in [7, 11) is 0. The van der Waals surface area contributed by atoms with Crippen LogP contribution in [-0.4, -0.2) is 24.1 Å². The zero-order valence-electron chi connectivity index (χ0n) is 17.0. The highest BCUT2D eigenvalue weighted by Gasteiger charge is 2.96. The molecule has 154 valence electrons. The number of benzene rings is 2. The quantitative estimate of drug-likeness (QED) is 0.845. The molecule has 1 aliphatic heterocycles. The van der Waals surface area contributed by atoms with E-state index >= 15 is 0 Å². The van der Waals surface area contributed by atoms with Gasteiger partial charge in [0.2, 0.25) is 5.91 Å². The van der Waals surface area contributed by atoms with Crippen molar-refractivity contribution in [1.29, 1.82) is 0 Å². The standard InChI is InChI=1S/C26H22N2O3/c29-23-19-15-11-16-20-18(15)22(23)26(20,21(16)19)25(31)27-14-6-3-5-13(10-14)24(30)28-9-8-12-4-1-2-7-17(12)28/h1-7,10,15-16,18-22H,8-9,11H2,(H,27,31). The molecular weight excluding hydrogens is 388 g/mol. The molecule has 5 heteroatoms. The van der Waals surface area contributed by atoms with E-state index in [2.05, 4.69) is 11.4 Å². The van der Waals surface area contributed by atoms with Crippen LogP contribution in [0.3, 0.4) is 0 Å². The molecule has 0 spiro atoms. The Balaban J connectivity index is 1.07. The number of carbonyl (C=O) groups excluding carboxylic acids is 3. The molecule has 5 nitrogen and oxygen atoms in total. The summed E-state index contributed by atoms with van der Waals surface area (Å²) in [6.07, 6.45) is 2.03. The predicted octanol–water partition coefficient (Wildman–Crippen LogP) is 3.16. The summed E-state index contributed by atoms with van der Waals surface area (Å²) in [5.74, 6) is 2.89. The van der Waals surface area contributed by atoms with E-state index in [9.17, 15) is 14.4 Å². The van der Waals surface area contributed by atoms with Crippen molar-refractivity contribution in [3.05, 3.63) is 59.7 Å². The van der Waals surface area contributed by atoms with Crippen LogP contribution in [0.5, 0.6) is 0 Å². The first-order valence-electron chi connectivity index (χ1n) is 11.5. The smallest absolute Gasteiger partial charge is 0.258 e. The van der Waals surface area contributed by atoms with Crippen molar-refractivity contribution in [1.82, 2.24) is 0 Å². The average Bonchev–Trinajstić information content (AvgIpc) is 3.45. The number of carbonyl (C=O) groups is 3. The number of hydrogen-bond acceptors (Lipinski definition) is 3. The van der Waals surface area contributed by atoms with E-state index in [-0.39, 0.29) is 29.6 Å². The van der Waals surface area contributed by atoms with E-state index in [0.29, 0.717) is 47.3 Å². The van der Waals surface area contributed by atoms with Crippen molar-refractivity contribution in [2.75, 3.05) is 16.8 Å². The second-order valence-corrected chi connectivity index (χ2v) is 10.4. The number of rotatable bonds is 3. The summed E-state index contributed by atoms with van der Waals surface area (Å²) in [6.45, 7) is 0.677. The van der Waals surface area contributed by atoms with E-state index < -0.39 is 5.41 Å². The first-order valence-corrected chi connectivity index (χ1v) is 11.5. The van der Waals surface area contributed by atoms with Crippen molar-refractivity contribution in [2.45, 2.75) is 12.8 Å². The lowest BCUT2D eigenvalue weighted by Crippen LogP contribution is -2.74. The number of nitrogens with one attached hydrogen (secondary N) is 1. The molecule has 1 heterocycles. The van der Waals surface area contributed by atoms with Gasteiger partial charge in [0, 0.05) is 35.3 Å². The fourth-order valence-electron chi connectivity index (χ4n) is 9.09. The summed E-state index contributed by atoms with van der Waals surface area (Å²) in [5.41, 5.74) is 2.97. The Morgan fingerprint density at radius 2 is 1.90 bits per heavy atom. The molecular formula is C26H22N2O3. The molecule has 31 heavy (non-hydrogen) atoms. The maximum absolute atomic E-state index is 13.5. The monoisotopic (exact) mass is 410 g/mol. The predicted molar refractivity (Wildman–Crippen MR) is 113 cm³/mol. The number of anilines is 2. The van der Waals surface area contributed by atoms with Gasteiger partial charge in [-0.25, -0.2) is 0 Å². The van der Waals surface area contributed by atoms with Crippen LogP contribution in [-0.2, 0) is 16.0 Å². The van der Waals surface area contributed by atoms with Crippen molar-refractivity contribution in [3.63, 3.8) is 0 Å². The lowest BCUT2D eigenvalue weighted by molar-refractivity contribution is -0.245. The van der Waals surface area contributed by atoms with Gasteiger partial charge in [-0.3, -0.25) is 14.4 Å². The molecule has 8 atom stereocenters. The van der Waals surface area contributed by atoms with Crippen LogP contribution in [0.15, 0.2) is 48.5 Å². The number of fused-ring (bicyclic) bond motifs is 1. The molecule has 2 amide bonds. The Kier molecular flexibility index (Phi) is 2.74. The molecule has 1 N–H and O–H groups in total. The zero-order valence-corrected chi connectivity index (χ0v) is 17.0. The highest BCUT2D eigenvalue weighted by Crippen LogP contribution is 2.92. The molecule has 0 aromatic heterocycles. The Bertz CT molecular complexity index is 1240. The largest absolute Gasteiger partial charge is 0.326 e. The number of hydrogen-bond donors (Lipinski definition) is 1. The minimum absolute atomic E-state index is 0.0207. The molecule has 6 fully saturated rings. The van der Waals surface area contributed by atoms with Crippen LogP contribution in [0.1, 0.15) is 22.3 Å². The number of amides is 2. The minimum Gasteiger partial charge on any atom is -0.326 e. The van der Waals surface area contributed by atoms with Crippen LogP contribution >= 0.6 is 0 Å². The molecule has 2 aromatic rings. The van der Waals surface area contributed by atoms with Gasteiger partial charge in [-0.1, -0.05) is 24.3 Å². The van der Waals surface area contributed by atoms with Crippen molar-refractivity contribution < 1.29 is 14.4 Å². The first-order chi connectivity index (χ1) is 15.1. The highest BCUT2D eigenvalue weighted by molar-refractivity contribution is 6.10. The lowest BCUT2D eigenvalue weighted by Gasteiger charge is -2.70. The number of para-hydroxylation sites is 1. The van der Waals surface area contributed by atoms with Gasteiger partial charge in [-0.15, -0.1) is 0 Å².